The van der Waals surface area contributed by atoms with Crippen molar-refractivity contribution >= 4 is 5.82 Å². The molecule has 0 atom stereocenters. The SMILES string of the molecule is COc1cc(C)c(CNc2cc(C#N)ncn2)cc1C. The van der Waals surface area contributed by atoms with Gasteiger partial charge in [0.15, 0.2) is 0 Å². The predicted molar refractivity (Wildman–Crippen MR) is 76.5 cm³/mol. The summed E-state index contributed by atoms with van der Waals surface area (Å²) in [6, 6.07) is 7.74. The molecule has 102 valence electrons. The zero-order valence-corrected chi connectivity index (χ0v) is 11.8. The lowest BCUT2D eigenvalue weighted by atomic mass is 10.0. The first-order valence-corrected chi connectivity index (χ1v) is 6.24. The van der Waals surface area contributed by atoms with Gasteiger partial charge in [-0.3, -0.25) is 0 Å². The number of ether oxygens (including phenoxy) is 1. The number of aromatic nitrogens is 2. The highest BCUT2D eigenvalue weighted by atomic mass is 16.5. The Hall–Kier alpha value is -2.61. The molecule has 5 nitrogen and oxygen atoms in total. The Morgan fingerprint density at radius 2 is 2.00 bits per heavy atom. The molecule has 1 aromatic heterocycles. The van der Waals surface area contributed by atoms with E-state index in [9.17, 15) is 0 Å². The van der Waals surface area contributed by atoms with Crippen molar-refractivity contribution in [3.05, 3.63) is 46.9 Å². The van der Waals surface area contributed by atoms with E-state index in [1.165, 1.54) is 11.9 Å². The van der Waals surface area contributed by atoms with E-state index in [-0.39, 0.29) is 0 Å². The van der Waals surface area contributed by atoms with Crippen LogP contribution in [-0.2, 0) is 6.54 Å². The summed E-state index contributed by atoms with van der Waals surface area (Å²) in [6.07, 6.45) is 1.38. The molecule has 1 aromatic carbocycles. The standard InChI is InChI=1S/C15H16N4O/c1-10-5-14(20-3)11(2)4-12(10)8-17-15-6-13(7-16)18-9-19-15/h4-6,9H,8H2,1-3H3,(H,17,18,19). The first-order valence-electron chi connectivity index (χ1n) is 6.24. The molecule has 0 amide bonds. The second-order valence-corrected chi connectivity index (χ2v) is 4.50. The fourth-order valence-corrected chi connectivity index (χ4v) is 1.96. The van der Waals surface area contributed by atoms with E-state index in [0.29, 0.717) is 18.1 Å². The maximum absolute atomic E-state index is 8.80. The van der Waals surface area contributed by atoms with Crippen LogP contribution in [0, 0.1) is 25.2 Å². The summed E-state index contributed by atoms with van der Waals surface area (Å²) in [4.78, 5) is 7.93. The van der Waals surface area contributed by atoms with Gasteiger partial charge in [-0.2, -0.15) is 5.26 Å². The summed E-state index contributed by atoms with van der Waals surface area (Å²) in [7, 11) is 1.67. The average Bonchev–Trinajstić information content (AvgIpc) is 2.48. The summed E-state index contributed by atoms with van der Waals surface area (Å²) < 4.78 is 5.30. The minimum Gasteiger partial charge on any atom is -0.496 e. The Balaban J connectivity index is 2.15. The van der Waals surface area contributed by atoms with Gasteiger partial charge in [0.2, 0.25) is 0 Å². The van der Waals surface area contributed by atoms with Crippen LogP contribution in [0.3, 0.4) is 0 Å². The smallest absolute Gasteiger partial charge is 0.145 e. The normalized spacial score (nSPS) is 9.90. The van der Waals surface area contributed by atoms with Crippen LogP contribution in [0.15, 0.2) is 24.5 Å². The molecule has 0 fully saturated rings. The van der Waals surface area contributed by atoms with Crippen LogP contribution in [-0.4, -0.2) is 17.1 Å². The van der Waals surface area contributed by atoms with Gasteiger partial charge in [-0.15, -0.1) is 0 Å². The zero-order chi connectivity index (χ0) is 14.5. The van der Waals surface area contributed by atoms with Crippen molar-refractivity contribution in [2.24, 2.45) is 0 Å². The fraction of sp³-hybridized carbons (Fsp3) is 0.267. The van der Waals surface area contributed by atoms with Crippen LogP contribution in [0.5, 0.6) is 5.75 Å². The number of nitrogens with one attached hydrogen (secondary N) is 1. The van der Waals surface area contributed by atoms with Gasteiger partial charge in [-0.05, 0) is 36.6 Å². The Labute approximate surface area is 118 Å². The quantitative estimate of drug-likeness (QED) is 0.922. The molecule has 1 heterocycles. The van der Waals surface area contributed by atoms with Gasteiger partial charge in [-0.25, -0.2) is 9.97 Å². The number of nitrogens with zero attached hydrogens (tertiary/aromatic N) is 3. The van der Waals surface area contributed by atoms with Crippen molar-refractivity contribution in [2.45, 2.75) is 20.4 Å². The summed E-state index contributed by atoms with van der Waals surface area (Å²) in [5.41, 5.74) is 3.76. The number of rotatable bonds is 4. The third-order valence-corrected chi connectivity index (χ3v) is 3.10. The zero-order valence-electron chi connectivity index (χ0n) is 11.8. The van der Waals surface area contributed by atoms with Crippen LogP contribution in [0.25, 0.3) is 0 Å². The molecule has 20 heavy (non-hydrogen) atoms. The molecule has 0 aliphatic heterocycles. The fourth-order valence-electron chi connectivity index (χ4n) is 1.96. The van der Waals surface area contributed by atoms with Crippen molar-refractivity contribution in [1.82, 2.24) is 9.97 Å². The van der Waals surface area contributed by atoms with E-state index in [4.69, 9.17) is 10.00 Å². The molecule has 2 rings (SSSR count). The Kier molecular flexibility index (Phi) is 4.16. The van der Waals surface area contributed by atoms with Crippen molar-refractivity contribution < 1.29 is 4.74 Å². The summed E-state index contributed by atoms with van der Waals surface area (Å²) in [6.45, 7) is 4.69. The van der Waals surface area contributed by atoms with Gasteiger partial charge >= 0.3 is 0 Å². The molecule has 0 radical (unpaired) electrons. The largest absolute Gasteiger partial charge is 0.496 e. The lowest BCUT2D eigenvalue weighted by Gasteiger charge is -2.12. The molecule has 0 saturated carbocycles. The Morgan fingerprint density at radius 3 is 2.70 bits per heavy atom. The molecule has 1 N–H and O–H groups in total. The second-order valence-electron chi connectivity index (χ2n) is 4.50. The number of nitriles is 1. The monoisotopic (exact) mass is 268 g/mol. The number of benzene rings is 1. The van der Waals surface area contributed by atoms with Crippen molar-refractivity contribution in [2.75, 3.05) is 12.4 Å². The molecule has 5 heteroatoms. The van der Waals surface area contributed by atoms with Crippen LogP contribution in [0.2, 0.25) is 0 Å². The van der Waals surface area contributed by atoms with Gasteiger partial charge in [0.25, 0.3) is 0 Å². The molecule has 0 spiro atoms. The second kappa shape index (κ2) is 6.02. The van der Waals surface area contributed by atoms with E-state index < -0.39 is 0 Å². The molecule has 2 aromatic rings. The third kappa shape index (κ3) is 3.04. The molecular weight excluding hydrogens is 252 g/mol. The minimum atomic E-state index is 0.352. The highest BCUT2D eigenvalue weighted by molar-refractivity contribution is 5.44. The third-order valence-electron chi connectivity index (χ3n) is 3.10. The maximum atomic E-state index is 8.80. The summed E-state index contributed by atoms with van der Waals surface area (Å²) in [5.74, 6) is 1.53. The van der Waals surface area contributed by atoms with E-state index in [1.807, 2.05) is 26.0 Å². The number of anilines is 1. The molecular formula is C15H16N4O. The maximum Gasteiger partial charge on any atom is 0.145 e. The number of hydrogen-bond donors (Lipinski definition) is 1. The highest BCUT2D eigenvalue weighted by Crippen LogP contribution is 2.23. The Morgan fingerprint density at radius 1 is 1.20 bits per heavy atom. The lowest BCUT2D eigenvalue weighted by molar-refractivity contribution is 0.411. The van der Waals surface area contributed by atoms with Gasteiger partial charge in [0, 0.05) is 12.6 Å². The molecule has 0 aliphatic rings. The predicted octanol–water partition coefficient (Wildman–Crippen LogP) is 2.59. The topological polar surface area (TPSA) is 70.8 Å². The minimum absolute atomic E-state index is 0.352. The van der Waals surface area contributed by atoms with E-state index in [1.54, 1.807) is 13.2 Å². The van der Waals surface area contributed by atoms with E-state index in [2.05, 4.69) is 21.4 Å². The van der Waals surface area contributed by atoms with E-state index >= 15 is 0 Å². The van der Waals surface area contributed by atoms with E-state index in [0.717, 1.165) is 16.9 Å². The van der Waals surface area contributed by atoms with Crippen LogP contribution >= 0.6 is 0 Å². The highest BCUT2D eigenvalue weighted by Gasteiger charge is 2.05. The lowest BCUT2D eigenvalue weighted by Crippen LogP contribution is -2.04. The number of hydrogen-bond acceptors (Lipinski definition) is 5. The molecule has 0 unspecified atom stereocenters. The molecule has 0 aliphatic carbocycles. The van der Waals surface area contributed by atoms with Crippen molar-refractivity contribution in [1.29, 1.82) is 5.26 Å². The van der Waals surface area contributed by atoms with Gasteiger partial charge in [-0.1, -0.05) is 6.07 Å². The van der Waals surface area contributed by atoms with Crippen LogP contribution in [0.1, 0.15) is 22.4 Å². The van der Waals surface area contributed by atoms with Gasteiger partial charge in [0.1, 0.15) is 29.7 Å². The van der Waals surface area contributed by atoms with Crippen LogP contribution in [0.4, 0.5) is 5.82 Å². The van der Waals surface area contributed by atoms with Crippen LogP contribution < -0.4 is 10.1 Å². The Bertz CT molecular complexity index is 661. The average molecular weight is 268 g/mol. The number of methoxy groups -OCH3 is 1. The molecule has 0 saturated heterocycles. The van der Waals surface area contributed by atoms with Gasteiger partial charge < -0.3 is 10.1 Å². The first kappa shape index (κ1) is 13.8. The molecule has 0 bridgehead atoms. The summed E-state index contributed by atoms with van der Waals surface area (Å²) in [5, 5.41) is 12.0. The summed E-state index contributed by atoms with van der Waals surface area (Å²) >= 11 is 0. The van der Waals surface area contributed by atoms with Gasteiger partial charge in [0.05, 0.1) is 7.11 Å². The number of aryl methyl sites for hydroxylation is 2. The van der Waals surface area contributed by atoms with Crippen molar-refractivity contribution in [3.63, 3.8) is 0 Å². The van der Waals surface area contributed by atoms with Crippen molar-refractivity contribution in [3.8, 4) is 11.8 Å². The first-order chi connectivity index (χ1) is 9.63.